The van der Waals surface area contributed by atoms with E-state index in [4.69, 9.17) is 0 Å². The lowest BCUT2D eigenvalue weighted by Gasteiger charge is -2.14. The molecule has 0 radical (unpaired) electrons. The predicted octanol–water partition coefficient (Wildman–Crippen LogP) is 1.60. The summed E-state index contributed by atoms with van der Waals surface area (Å²) in [5.74, 6) is -1.46. The van der Waals surface area contributed by atoms with E-state index in [0.717, 1.165) is 17.1 Å². The Kier molecular flexibility index (Phi) is 5.30. The first-order valence-corrected chi connectivity index (χ1v) is 7.61. The van der Waals surface area contributed by atoms with E-state index in [9.17, 15) is 13.2 Å². The van der Waals surface area contributed by atoms with Gasteiger partial charge in [0.2, 0.25) is 10.0 Å². The number of hydrogen-bond donors (Lipinski definition) is 1. The molecule has 7 heteroatoms. The molecule has 1 N–H and O–H groups in total. The molecule has 5 nitrogen and oxygen atoms in total. The fraction of sp³-hybridized carbons (Fsp3) is 0.364. The van der Waals surface area contributed by atoms with E-state index >= 15 is 0 Å². The molecule has 0 aliphatic carbocycles. The molecule has 1 rings (SSSR count). The first-order chi connectivity index (χ1) is 8.34. The molecule has 1 atom stereocenters. The van der Waals surface area contributed by atoms with Crippen molar-refractivity contribution in [3.63, 3.8) is 0 Å². The summed E-state index contributed by atoms with van der Waals surface area (Å²) < 4.78 is 30.9. The van der Waals surface area contributed by atoms with Crippen LogP contribution in [0.4, 0.5) is 0 Å². The van der Waals surface area contributed by atoms with Gasteiger partial charge < -0.3 is 4.74 Å². The van der Waals surface area contributed by atoms with Gasteiger partial charge in [-0.05, 0) is 24.6 Å². The summed E-state index contributed by atoms with van der Waals surface area (Å²) in [6.07, 6.45) is 0. The smallest absolute Gasteiger partial charge is 0.322 e. The minimum atomic E-state index is -3.69. The molecule has 0 heterocycles. The molecule has 1 unspecified atom stereocenters. The number of methoxy groups -OCH3 is 1. The largest absolute Gasteiger partial charge is 0.468 e. The van der Waals surface area contributed by atoms with Crippen molar-refractivity contribution in [2.45, 2.75) is 13.0 Å². The van der Waals surface area contributed by atoms with Crippen LogP contribution in [0.3, 0.4) is 0 Å². The second-order valence-corrected chi connectivity index (χ2v) is 6.40. The van der Waals surface area contributed by atoms with Crippen LogP contribution in [0, 0.1) is 0 Å². The zero-order valence-corrected chi connectivity index (χ0v) is 12.4. The Morgan fingerprint density at radius 2 is 1.94 bits per heavy atom. The van der Waals surface area contributed by atoms with Gasteiger partial charge in [-0.3, -0.25) is 4.79 Å². The first kappa shape index (κ1) is 15.1. The SMILES string of the molecule is COC(=O)CS(=O)(=O)NC(C)c1ccc(Br)cc1. The Hall–Kier alpha value is -0.920. The number of rotatable bonds is 5. The van der Waals surface area contributed by atoms with Gasteiger partial charge in [0.05, 0.1) is 7.11 Å². The van der Waals surface area contributed by atoms with Crippen molar-refractivity contribution in [2.75, 3.05) is 12.9 Å². The molecule has 18 heavy (non-hydrogen) atoms. The summed E-state index contributed by atoms with van der Waals surface area (Å²) in [6.45, 7) is 1.71. The zero-order chi connectivity index (χ0) is 13.8. The molecule has 0 saturated heterocycles. The molecular weight excluding hydrogens is 322 g/mol. The number of sulfonamides is 1. The van der Waals surface area contributed by atoms with Crippen molar-refractivity contribution in [2.24, 2.45) is 0 Å². The Morgan fingerprint density at radius 3 is 2.44 bits per heavy atom. The number of halogens is 1. The molecule has 0 spiro atoms. The maximum atomic E-state index is 11.6. The number of esters is 1. The molecule has 0 amide bonds. The lowest BCUT2D eigenvalue weighted by atomic mass is 10.1. The fourth-order valence-corrected chi connectivity index (χ4v) is 2.80. The van der Waals surface area contributed by atoms with Crippen LogP contribution in [-0.4, -0.2) is 27.2 Å². The Labute approximate surface area is 115 Å². The van der Waals surface area contributed by atoms with Crippen molar-refractivity contribution in [3.05, 3.63) is 34.3 Å². The van der Waals surface area contributed by atoms with E-state index in [0.29, 0.717) is 0 Å². The minimum absolute atomic E-state index is 0.409. The third-order valence-electron chi connectivity index (χ3n) is 2.26. The van der Waals surface area contributed by atoms with Gasteiger partial charge in [-0.25, -0.2) is 13.1 Å². The molecule has 1 aromatic rings. The second-order valence-electron chi connectivity index (χ2n) is 3.73. The molecule has 0 fully saturated rings. The molecule has 1 aromatic carbocycles. The molecule has 0 saturated carbocycles. The zero-order valence-electron chi connectivity index (χ0n) is 10.0. The van der Waals surface area contributed by atoms with Crippen LogP contribution >= 0.6 is 15.9 Å². The Morgan fingerprint density at radius 1 is 1.39 bits per heavy atom. The maximum Gasteiger partial charge on any atom is 0.322 e. The van der Waals surface area contributed by atoms with Crippen molar-refractivity contribution in [1.29, 1.82) is 0 Å². The number of carbonyl (C=O) groups is 1. The standard InChI is InChI=1S/C11H14BrNO4S/c1-8(9-3-5-10(12)6-4-9)13-18(15,16)7-11(14)17-2/h3-6,8,13H,7H2,1-2H3. The molecule has 0 aliphatic heterocycles. The summed E-state index contributed by atoms with van der Waals surface area (Å²) >= 11 is 3.30. The van der Waals surface area contributed by atoms with Gasteiger partial charge in [0.15, 0.2) is 5.75 Å². The van der Waals surface area contributed by atoms with E-state index in [1.165, 1.54) is 0 Å². The summed E-state index contributed by atoms with van der Waals surface area (Å²) in [4.78, 5) is 10.9. The van der Waals surface area contributed by atoms with Crippen molar-refractivity contribution in [3.8, 4) is 0 Å². The van der Waals surface area contributed by atoms with Gasteiger partial charge in [-0.1, -0.05) is 28.1 Å². The lowest BCUT2D eigenvalue weighted by molar-refractivity contribution is -0.137. The first-order valence-electron chi connectivity index (χ1n) is 5.16. The molecule has 100 valence electrons. The van der Waals surface area contributed by atoms with E-state index in [1.807, 2.05) is 12.1 Å². The average molecular weight is 336 g/mol. The van der Waals surface area contributed by atoms with Crippen LogP contribution in [-0.2, 0) is 19.6 Å². The average Bonchev–Trinajstić information content (AvgIpc) is 2.28. The fourth-order valence-electron chi connectivity index (χ4n) is 1.34. The number of hydrogen-bond acceptors (Lipinski definition) is 4. The summed E-state index contributed by atoms with van der Waals surface area (Å²) in [5.41, 5.74) is 0.812. The van der Waals surface area contributed by atoms with Crippen LogP contribution in [0.1, 0.15) is 18.5 Å². The van der Waals surface area contributed by atoms with Crippen molar-refractivity contribution < 1.29 is 17.9 Å². The van der Waals surface area contributed by atoms with Gasteiger partial charge in [0, 0.05) is 10.5 Å². The van der Waals surface area contributed by atoms with Crippen LogP contribution in [0.5, 0.6) is 0 Å². The van der Waals surface area contributed by atoms with Crippen LogP contribution in [0.15, 0.2) is 28.7 Å². The Balaban J connectivity index is 2.72. The van der Waals surface area contributed by atoms with Crippen LogP contribution < -0.4 is 4.72 Å². The van der Waals surface area contributed by atoms with E-state index in [2.05, 4.69) is 25.4 Å². The van der Waals surface area contributed by atoms with E-state index < -0.39 is 27.8 Å². The third kappa shape index (κ3) is 4.75. The highest BCUT2D eigenvalue weighted by molar-refractivity contribution is 9.10. The summed E-state index contributed by atoms with van der Waals surface area (Å²) in [5, 5.41) is 0. The monoisotopic (exact) mass is 335 g/mol. The summed E-state index contributed by atoms with van der Waals surface area (Å²) in [7, 11) is -2.54. The van der Waals surface area contributed by atoms with Crippen LogP contribution in [0.25, 0.3) is 0 Å². The Bertz CT molecular complexity index is 512. The van der Waals surface area contributed by atoms with Crippen molar-refractivity contribution >= 4 is 31.9 Å². The maximum absolute atomic E-state index is 11.6. The molecule has 0 aliphatic rings. The lowest BCUT2D eigenvalue weighted by Crippen LogP contribution is -2.32. The number of nitrogens with one attached hydrogen (secondary N) is 1. The van der Waals surface area contributed by atoms with Gasteiger partial charge in [-0.2, -0.15) is 0 Å². The number of ether oxygens (including phenoxy) is 1. The summed E-state index contributed by atoms with van der Waals surface area (Å²) in [6, 6.07) is 6.83. The second kappa shape index (κ2) is 6.31. The predicted molar refractivity (Wildman–Crippen MR) is 71.5 cm³/mol. The molecule has 0 bridgehead atoms. The highest BCUT2D eigenvalue weighted by Crippen LogP contribution is 2.17. The van der Waals surface area contributed by atoms with Gasteiger partial charge in [-0.15, -0.1) is 0 Å². The normalized spacial score (nSPS) is 13.1. The number of benzene rings is 1. The van der Waals surface area contributed by atoms with E-state index in [-0.39, 0.29) is 0 Å². The molecular formula is C11H14BrNO4S. The highest BCUT2D eigenvalue weighted by Gasteiger charge is 2.20. The van der Waals surface area contributed by atoms with Gasteiger partial charge in [0.25, 0.3) is 0 Å². The molecule has 0 aromatic heterocycles. The third-order valence-corrected chi connectivity index (χ3v) is 4.12. The van der Waals surface area contributed by atoms with Gasteiger partial charge in [0.1, 0.15) is 0 Å². The highest BCUT2D eigenvalue weighted by atomic mass is 79.9. The number of carbonyl (C=O) groups excluding carboxylic acids is 1. The van der Waals surface area contributed by atoms with Crippen LogP contribution in [0.2, 0.25) is 0 Å². The van der Waals surface area contributed by atoms with E-state index in [1.54, 1.807) is 19.1 Å². The van der Waals surface area contributed by atoms with Gasteiger partial charge >= 0.3 is 5.97 Å². The topological polar surface area (TPSA) is 72.5 Å². The quantitative estimate of drug-likeness (QED) is 0.829. The minimum Gasteiger partial charge on any atom is -0.468 e. The van der Waals surface area contributed by atoms with Crippen molar-refractivity contribution in [1.82, 2.24) is 4.72 Å².